The third-order valence-corrected chi connectivity index (χ3v) is 1.39. The molecule has 64 valence electrons. The smallest absolute Gasteiger partial charge is 0.190 e. The predicted octanol–water partition coefficient (Wildman–Crippen LogP) is 2.99. The molecule has 1 aliphatic rings. The minimum absolute atomic E-state index is 0.598. The van der Waals surface area contributed by atoms with Crippen LogP contribution in [0.1, 0.15) is 13.8 Å². The van der Waals surface area contributed by atoms with Gasteiger partial charge in [-0.25, -0.2) is 0 Å². The molecule has 0 amide bonds. The standard InChI is InChI=1S/C8H7NO.C2H6/c1-6-9-7-4-2-3-5-8(7)10-6;1-2/h2-5,9H,1H2;1-2H3. The number of hydrogen-bond donors (Lipinski definition) is 1. The van der Waals surface area contributed by atoms with E-state index in [0.717, 1.165) is 11.4 Å². The molecule has 1 N–H and O–H groups in total. The van der Waals surface area contributed by atoms with Gasteiger partial charge in [-0.3, -0.25) is 0 Å². The van der Waals surface area contributed by atoms with Crippen molar-refractivity contribution in [3.8, 4) is 5.75 Å². The Morgan fingerprint density at radius 1 is 1.25 bits per heavy atom. The van der Waals surface area contributed by atoms with Gasteiger partial charge in [0.2, 0.25) is 0 Å². The van der Waals surface area contributed by atoms with Crippen LogP contribution in [0.3, 0.4) is 0 Å². The average molecular weight is 163 g/mol. The zero-order valence-electron chi connectivity index (χ0n) is 7.42. The molecule has 0 aromatic heterocycles. The lowest BCUT2D eigenvalue weighted by Gasteiger charge is -1.91. The van der Waals surface area contributed by atoms with Gasteiger partial charge >= 0.3 is 0 Å². The van der Waals surface area contributed by atoms with Crippen molar-refractivity contribution < 1.29 is 4.74 Å². The van der Waals surface area contributed by atoms with Gasteiger partial charge in [-0.2, -0.15) is 0 Å². The molecule has 0 saturated carbocycles. The number of fused-ring (bicyclic) bond motifs is 1. The van der Waals surface area contributed by atoms with Crippen molar-refractivity contribution in [2.24, 2.45) is 0 Å². The van der Waals surface area contributed by atoms with E-state index >= 15 is 0 Å². The molecule has 0 spiro atoms. The van der Waals surface area contributed by atoms with Gasteiger partial charge in [0.15, 0.2) is 11.6 Å². The molecule has 0 saturated heterocycles. The van der Waals surface area contributed by atoms with Crippen LogP contribution in [0.4, 0.5) is 5.69 Å². The topological polar surface area (TPSA) is 21.3 Å². The summed E-state index contributed by atoms with van der Waals surface area (Å²) in [7, 11) is 0. The molecule has 2 heteroatoms. The van der Waals surface area contributed by atoms with Crippen molar-refractivity contribution in [3.63, 3.8) is 0 Å². The van der Waals surface area contributed by atoms with E-state index < -0.39 is 0 Å². The Labute approximate surface area is 72.9 Å². The van der Waals surface area contributed by atoms with Crippen molar-refractivity contribution in [2.45, 2.75) is 13.8 Å². The summed E-state index contributed by atoms with van der Waals surface area (Å²) in [5.41, 5.74) is 0.993. The van der Waals surface area contributed by atoms with Crippen molar-refractivity contribution in [3.05, 3.63) is 36.7 Å². The summed E-state index contributed by atoms with van der Waals surface area (Å²) in [5, 5.41) is 2.98. The van der Waals surface area contributed by atoms with E-state index in [4.69, 9.17) is 4.74 Å². The lowest BCUT2D eigenvalue weighted by Crippen LogP contribution is -1.92. The number of para-hydroxylation sites is 2. The second-order valence-electron chi connectivity index (χ2n) is 2.15. The summed E-state index contributed by atoms with van der Waals surface area (Å²) in [4.78, 5) is 0. The van der Waals surface area contributed by atoms with Crippen LogP contribution in [0.25, 0.3) is 0 Å². The Balaban J connectivity index is 0.000000336. The highest BCUT2D eigenvalue weighted by Gasteiger charge is 2.11. The summed E-state index contributed by atoms with van der Waals surface area (Å²) in [6.07, 6.45) is 0. The quantitative estimate of drug-likeness (QED) is 0.634. The monoisotopic (exact) mass is 163 g/mol. The number of nitrogens with one attached hydrogen (secondary N) is 1. The maximum absolute atomic E-state index is 5.20. The summed E-state index contributed by atoms with van der Waals surface area (Å²) in [5.74, 6) is 1.45. The van der Waals surface area contributed by atoms with Crippen LogP contribution in [-0.4, -0.2) is 0 Å². The first-order valence-corrected chi connectivity index (χ1v) is 4.09. The molecule has 2 nitrogen and oxygen atoms in total. The molecule has 0 fully saturated rings. The van der Waals surface area contributed by atoms with E-state index in [0.29, 0.717) is 5.88 Å². The van der Waals surface area contributed by atoms with Crippen molar-refractivity contribution in [1.82, 2.24) is 0 Å². The van der Waals surface area contributed by atoms with Gasteiger partial charge in [0, 0.05) is 0 Å². The molecule has 0 atom stereocenters. The Bertz CT molecular complexity index is 254. The van der Waals surface area contributed by atoms with E-state index in [-0.39, 0.29) is 0 Å². The molecular formula is C10H13NO. The maximum Gasteiger partial charge on any atom is 0.190 e. The zero-order valence-corrected chi connectivity index (χ0v) is 7.42. The average Bonchev–Trinajstić information content (AvgIpc) is 2.48. The number of ether oxygens (including phenoxy) is 1. The molecule has 12 heavy (non-hydrogen) atoms. The molecule has 2 rings (SSSR count). The highest BCUT2D eigenvalue weighted by molar-refractivity contribution is 5.62. The fourth-order valence-electron chi connectivity index (χ4n) is 0.967. The highest BCUT2D eigenvalue weighted by atomic mass is 16.5. The fraction of sp³-hybridized carbons (Fsp3) is 0.200. The number of rotatable bonds is 0. The normalized spacial score (nSPS) is 12.0. The van der Waals surface area contributed by atoms with Crippen LogP contribution in [0.15, 0.2) is 36.7 Å². The van der Waals surface area contributed by atoms with Gasteiger partial charge in [-0.05, 0) is 18.7 Å². The van der Waals surface area contributed by atoms with E-state index in [2.05, 4.69) is 11.9 Å². The Kier molecular flexibility index (Phi) is 2.75. The van der Waals surface area contributed by atoms with Gasteiger partial charge in [0.05, 0.1) is 5.69 Å². The summed E-state index contributed by atoms with van der Waals surface area (Å²) in [6, 6.07) is 7.74. The van der Waals surface area contributed by atoms with Gasteiger partial charge in [0.1, 0.15) is 0 Å². The first-order valence-electron chi connectivity index (χ1n) is 4.09. The minimum Gasteiger partial charge on any atom is -0.440 e. The van der Waals surface area contributed by atoms with E-state index in [1.165, 1.54) is 0 Å². The molecule has 1 aliphatic heterocycles. The largest absolute Gasteiger partial charge is 0.440 e. The first-order chi connectivity index (χ1) is 5.86. The molecular weight excluding hydrogens is 150 g/mol. The van der Waals surface area contributed by atoms with Crippen molar-refractivity contribution >= 4 is 5.69 Å². The molecule has 0 unspecified atom stereocenters. The van der Waals surface area contributed by atoms with Gasteiger partial charge in [-0.15, -0.1) is 0 Å². The van der Waals surface area contributed by atoms with Crippen LogP contribution in [-0.2, 0) is 0 Å². The molecule has 1 aromatic rings. The second-order valence-corrected chi connectivity index (χ2v) is 2.15. The highest BCUT2D eigenvalue weighted by Crippen LogP contribution is 2.31. The summed E-state index contributed by atoms with van der Waals surface area (Å²) >= 11 is 0. The second kappa shape index (κ2) is 3.81. The summed E-state index contributed by atoms with van der Waals surface area (Å²) in [6.45, 7) is 7.64. The van der Waals surface area contributed by atoms with Gasteiger partial charge < -0.3 is 10.1 Å². The summed E-state index contributed by atoms with van der Waals surface area (Å²) < 4.78 is 5.20. The van der Waals surface area contributed by atoms with Crippen molar-refractivity contribution in [1.29, 1.82) is 0 Å². The van der Waals surface area contributed by atoms with Crippen LogP contribution in [0.2, 0.25) is 0 Å². The van der Waals surface area contributed by atoms with Gasteiger partial charge in [0.25, 0.3) is 0 Å². The van der Waals surface area contributed by atoms with Crippen LogP contribution < -0.4 is 10.1 Å². The van der Waals surface area contributed by atoms with E-state index in [1.54, 1.807) is 0 Å². The van der Waals surface area contributed by atoms with Crippen LogP contribution in [0.5, 0.6) is 5.75 Å². The molecule has 0 radical (unpaired) electrons. The van der Waals surface area contributed by atoms with Crippen LogP contribution >= 0.6 is 0 Å². The maximum atomic E-state index is 5.20. The lowest BCUT2D eigenvalue weighted by atomic mass is 10.3. The Morgan fingerprint density at radius 2 is 1.92 bits per heavy atom. The van der Waals surface area contributed by atoms with Crippen LogP contribution in [0, 0.1) is 0 Å². The van der Waals surface area contributed by atoms with E-state index in [9.17, 15) is 0 Å². The molecule has 1 aromatic carbocycles. The minimum atomic E-state index is 0.598. The fourth-order valence-corrected chi connectivity index (χ4v) is 0.967. The number of hydrogen-bond acceptors (Lipinski definition) is 2. The first kappa shape index (κ1) is 8.65. The third kappa shape index (κ3) is 1.59. The lowest BCUT2D eigenvalue weighted by molar-refractivity contribution is 0.460. The van der Waals surface area contributed by atoms with Gasteiger partial charge in [-0.1, -0.05) is 26.0 Å². The zero-order chi connectivity index (χ0) is 8.97. The Hall–Kier alpha value is -1.44. The molecule has 0 bridgehead atoms. The predicted molar refractivity (Wildman–Crippen MR) is 51.2 cm³/mol. The Morgan fingerprint density at radius 3 is 2.58 bits per heavy atom. The number of anilines is 1. The SMILES string of the molecule is C=C1Nc2ccccc2O1.CC. The van der Waals surface area contributed by atoms with Crippen molar-refractivity contribution in [2.75, 3.05) is 5.32 Å². The molecule has 0 aliphatic carbocycles. The molecule has 1 heterocycles. The third-order valence-electron chi connectivity index (χ3n) is 1.39. The number of benzene rings is 1. The van der Waals surface area contributed by atoms with E-state index in [1.807, 2.05) is 38.1 Å².